The lowest BCUT2D eigenvalue weighted by Gasteiger charge is -2.12. The van der Waals surface area contributed by atoms with Gasteiger partial charge >= 0.3 is 0 Å². The van der Waals surface area contributed by atoms with Gasteiger partial charge in [-0.1, -0.05) is 19.9 Å². The van der Waals surface area contributed by atoms with Crippen LogP contribution in [0.4, 0.5) is 5.82 Å². The van der Waals surface area contributed by atoms with Crippen molar-refractivity contribution in [3.63, 3.8) is 0 Å². The van der Waals surface area contributed by atoms with Crippen LogP contribution in [0.1, 0.15) is 32.8 Å². The molecule has 0 aromatic carbocycles. The van der Waals surface area contributed by atoms with Crippen LogP contribution in [0.25, 0.3) is 0 Å². The molecule has 1 amide bonds. The molecule has 122 valence electrons. The van der Waals surface area contributed by atoms with Crippen molar-refractivity contribution in [2.24, 2.45) is 10.9 Å². The molecule has 0 fully saturated rings. The summed E-state index contributed by atoms with van der Waals surface area (Å²) < 4.78 is 0. The maximum absolute atomic E-state index is 11.9. The van der Waals surface area contributed by atoms with Crippen LogP contribution in [-0.2, 0) is 4.79 Å². The van der Waals surface area contributed by atoms with Crippen molar-refractivity contribution < 1.29 is 4.79 Å². The van der Waals surface area contributed by atoms with Crippen LogP contribution in [0.5, 0.6) is 0 Å². The van der Waals surface area contributed by atoms with E-state index in [0.29, 0.717) is 24.7 Å². The number of rotatable bonds is 7. The van der Waals surface area contributed by atoms with Crippen molar-refractivity contribution in [3.05, 3.63) is 23.9 Å². The second-order valence-corrected chi connectivity index (χ2v) is 5.56. The molecular formula is C16H27N5O. The number of aliphatic imine (C=N–C) groups is 1. The number of nitrogens with one attached hydrogen (secondary N) is 3. The zero-order valence-corrected chi connectivity index (χ0v) is 13.9. The van der Waals surface area contributed by atoms with E-state index in [9.17, 15) is 4.79 Å². The molecule has 1 aromatic rings. The van der Waals surface area contributed by atoms with E-state index in [4.69, 9.17) is 0 Å². The molecule has 0 unspecified atom stereocenters. The Morgan fingerprint density at radius 1 is 1.32 bits per heavy atom. The Hall–Kier alpha value is -2.11. The number of hydrogen-bond donors (Lipinski definition) is 3. The van der Waals surface area contributed by atoms with E-state index in [1.54, 1.807) is 12.3 Å². The van der Waals surface area contributed by atoms with Crippen molar-refractivity contribution in [1.29, 1.82) is 0 Å². The van der Waals surface area contributed by atoms with Gasteiger partial charge in [-0.15, -0.1) is 0 Å². The van der Waals surface area contributed by atoms with Gasteiger partial charge in [-0.2, -0.15) is 0 Å². The van der Waals surface area contributed by atoms with Gasteiger partial charge in [0.25, 0.3) is 0 Å². The molecule has 0 aliphatic heterocycles. The maximum Gasteiger partial charge on any atom is 0.227 e. The molecule has 0 saturated carbocycles. The van der Waals surface area contributed by atoms with E-state index in [1.165, 1.54) is 0 Å². The van der Waals surface area contributed by atoms with E-state index in [2.05, 4.69) is 39.8 Å². The molecule has 0 aliphatic rings. The fourth-order valence-corrected chi connectivity index (χ4v) is 1.66. The minimum atomic E-state index is -0.0661. The molecule has 6 nitrogen and oxygen atoms in total. The van der Waals surface area contributed by atoms with Gasteiger partial charge in [-0.25, -0.2) is 4.98 Å². The van der Waals surface area contributed by atoms with E-state index < -0.39 is 0 Å². The zero-order valence-electron chi connectivity index (χ0n) is 13.9. The van der Waals surface area contributed by atoms with Crippen molar-refractivity contribution in [2.45, 2.75) is 34.1 Å². The lowest BCUT2D eigenvalue weighted by molar-refractivity contribution is -0.116. The van der Waals surface area contributed by atoms with Gasteiger partial charge in [0, 0.05) is 32.3 Å². The first-order chi connectivity index (χ1) is 10.5. The predicted molar refractivity (Wildman–Crippen MR) is 91.0 cm³/mol. The fourth-order valence-electron chi connectivity index (χ4n) is 1.66. The number of carbonyl (C=O) groups excluding carboxylic acids is 1. The molecule has 0 atom stereocenters. The van der Waals surface area contributed by atoms with Gasteiger partial charge in [0.05, 0.1) is 0 Å². The molecule has 0 bridgehead atoms. The van der Waals surface area contributed by atoms with Crippen LogP contribution in [0.15, 0.2) is 23.3 Å². The first kappa shape index (κ1) is 17.9. The third kappa shape index (κ3) is 7.61. The Balaban J connectivity index is 2.35. The summed E-state index contributed by atoms with van der Waals surface area (Å²) in [6, 6.07) is 3.72. The first-order valence-electron chi connectivity index (χ1n) is 7.76. The number of aromatic nitrogens is 1. The number of nitrogens with zero attached hydrogens (tertiary/aromatic N) is 2. The van der Waals surface area contributed by atoms with Gasteiger partial charge in [-0.3, -0.25) is 9.79 Å². The average molecular weight is 305 g/mol. The van der Waals surface area contributed by atoms with Crippen LogP contribution in [0.2, 0.25) is 0 Å². The highest BCUT2D eigenvalue weighted by atomic mass is 16.1. The topological polar surface area (TPSA) is 78.4 Å². The normalized spacial score (nSPS) is 11.4. The highest BCUT2D eigenvalue weighted by molar-refractivity contribution is 5.90. The minimum Gasteiger partial charge on any atom is -0.357 e. The number of guanidine groups is 1. The van der Waals surface area contributed by atoms with Gasteiger partial charge in [0.15, 0.2) is 5.96 Å². The number of aryl methyl sites for hydroxylation is 1. The van der Waals surface area contributed by atoms with Crippen LogP contribution in [-0.4, -0.2) is 36.5 Å². The van der Waals surface area contributed by atoms with E-state index in [0.717, 1.165) is 24.6 Å². The Labute approximate surface area is 132 Å². The SMILES string of the molecule is CCNC(=NCC(C)C)NCCC(=O)Nc1ccc(C)cn1. The fraction of sp³-hybridized carbons (Fsp3) is 0.562. The summed E-state index contributed by atoms with van der Waals surface area (Å²) in [5.74, 6) is 1.77. The number of anilines is 1. The second-order valence-electron chi connectivity index (χ2n) is 5.56. The molecule has 0 radical (unpaired) electrons. The quantitative estimate of drug-likeness (QED) is 0.531. The summed E-state index contributed by atoms with van der Waals surface area (Å²) in [5.41, 5.74) is 1.07. The van der Waals surface area contributed by atoms with Gasteiger partial charge in [0.2, 0.25) is 5.91 Å². The Morgan fingerprint density at radius 2 is 2.09 bits per heavy atom. The monoisotopic (exact) mass is 305 g/mol. The van der Waals surface area contributed by atoms with Crippen LogP contribution >= 0.6 is 0 Å². The van der Waals surface area contributed by atoms with Crippen molar-refractivity contribution in [1.82, 2.24) is 15.6 Å². The minimum absolute atomic E-state index is 0.0661. The third-order valence-corrected chi connectivity index (χ3v) is 2.78. The smallest absolute Gasteiger partial charge is 0.227 e. The second kappa shape index (κ2) is 9.76. The van der Waals surface area contributed by atoms with Crippen LogP contribution in [0.3, 0.4) is 0 Å². The van der Waals surface area contributed by atoms with Crippen molar-refractivity contribution in [3.8, 4) is 0 Å². The summed E-state index contributed by atoms with van der Waals surface area (Å²) in [7, 11) is 0. The molecule has 0 spiro atoms. The third-order valence-electron chi connectivity index (χ3n) is 2.78. The van der Waals surface area contributed by atoms with Gasteiger partial charge in [0.1, 0.15) is 5.82 Å². The lowest BCUT2D eigenvalue weighted by atomic mass is 10.2. The molecule has 0 saturated heterocycles. The van der Waals surface area contributed by atoms with Gasteiger partial charge in [-0.05, 0) is 31.4 Å². The summed E-state index contributed by atoms with van der Waals surface area (Å²) in [6.45, 7) is 10.3. The summed E-state index contributed by atoms with van der Waals surface area (Å²) in [4.78, 5) is 20.5. The van der Waals surface area contributed by atoms with Crippen LogP contribution < -0.4 is 16.0 Å². The Bertz CT molecular complexity index is 482. The first-order valence-corrected chi connectivity index (χ1v) is 7.76. The molecule has 1 rings (SSSR count). The van der Waals surface area contributed by atoms with Crippen molar-refractivity contribution in [2.75, 3.05) is 25.0 Å². The molecule has 6 heteroatoms. The molecule has 3 N–H and O–H groups in total. The molecule has 0 aliphatic carbocycles. The highest BCUT2D eigenvalue weighted by Crippen LogP contribution is 2.03. The molecular weight excluding hydrogens is 278 g/mol. The standard InChI is InChI=1S/C16H27N5O/c1-5-17-16(20-10-12(2)3)18-9-8-15(22)21-14-7-6-13(4)11-19-14/h6-7,11-12H,5,8-10H2,1-4H3,(H2,17,18,20)(H,19,21,22). The van der Waals surface area contributed by atoms with E-state index in [1.807, 2.05) is 19.9 Å². The number of amides is 1. The maximum atomic E-state index is 11.9. The summed E-state index contributed by atoms with van der Waals surface area (Å²) in [5, 5.41) is 9.10. The number of pyridine rings is 1. The largest absolute Gasteiger partial charge is 0.357 e. The Kier molecular flexibility index (Phi) is 7.96. The van der Waals surface area contributed by atoms with Gasteiger partial charge < -0.3 is 16.0 Å². The average Bonchev–Trinajstić information content (AvgIpc) is 2.47. The zero-order chi connectivity index (χ0) is 16.4. The highest BCUT2D eigenvalue weighted by Gasteiger charge is 2.04. The predicted octanol–water partition coefficient (Wildman–Crippen LogP) is 1.93. The van der Waals surface area contributed by atoms with Crippen LogP contribution in [0, 0.1) is 12.8 Å². The number of hydrogen-bond acceptors (Lipinski definition) is 3. The summed E-state index contributed by atoms with van der Waals surface area (Å²) >= 11 is 0. The van der Waals surface area contributed by atoms with Crippen molar-refractivity contribution >= 4 is 17.7 Å². The molecule has 1 aromatic heterocycles. The summed E-state index contributed by atoms with van der Waals surface area (Å²) in [6.07, 6.45) is 2.09. The van der Waals surface area contributed by atoms with E-state index in [-0.39, 0.29) is 5.91 Å². The number of carbonyl (C=O) groups is 1. The van der Waals surface area contributed by atoms with E-state index >= 15 is 0 Å². The molecule has 22 heavy (non-hydrogen) atoms. The lowest BCUT2D eigenvalue weighted by Crippen LogP contribution is -2.39. The Morgan fingerprint density at radius 3 is 2.68 bits per heavy atom. The molecule has 1 heterocycles.